The molecule has 1 aromatic heterocycles. The first-order chi connectivity index (χ1) is 10.1. The van der Waals surface area contributed by atoms with Crippen molar-refractivity contribution in [2.45, 2.75) is 18.7 Å². The van der Waals surface area contributed by atoms with Gasteiger partial charge in [-0.05, 0) is 42.8 Å². The van der Waals surface area contributed by atoms with Crippen molar-refractivity contribution in [1.29, 1.82) is 0 Å². The fraction of sp³-hybridized carbons (Fsp3) is 0.167. The van der Waals surface area contributed by atoms with Crippen LogP contribution >= 0.6 is 23.1 Å². The Morgan fingerprint density at radius 3 is 2.52 bits per heavy atom. The van der Waals surface area contributed by atoms with Gasteiger partial charge in [0.2, 0.25) is 0 Å². The highest BCUT2D eigenvalue weighted by Gasteiger charge is 2.12. The van der Waals surface area contributed by atoms with Crippen LogP contribution in [-0.2, 0) is 0 Å². The Morgan fingerprint density at radius 1 is 1.05 bits per heavy atom. The number of thioether (sulfide) groups is 1. The Morgan fingerprint density at radius 2 is 1.81 bits per heavy atom. The van der Waals surface area contributed by atoms with E-state index in [0.29, 0.717) is 5.75 Å². The smallest absolute Gasteiger partial charge is 0.174 e. The summed E-state index contributed by atoms with van der Waals surface area (Å²) in [6.45, 7) is 4.07. The van der Waals surface area contributed by atoms with Crippen molar-refractivity contribution >= 4 is 39.7 Å². The molecule has 0 amide bonds. The first-order valence-electron chi connectivity index (χ1n) is 6.85. The van der Waals surface area contributed by atoms with E-state index in [9.17, 15) is 4.79 Å². The van der Waals surface area contributed by atoms with Crippen molar-refractivity contribution in [3.8, 4) is 0 Å². The Balaban J connectivity index is 1.74. The molecule has 0 aliphatic rings. The molecule has 3 aromatic rings. The second-order valence-electron chi connectivity index (χ2n) is 5.05. The predicted molar refractivity (Wildman–Crippen MR) is 92.8 cm³/mol. The van der Waals surface area contributed by atoms with Gasteiger partial charge >= 0.3 is 0 Å². The topological polar surface area (TPSA) is 17.1 Å². The molecular weight excluding hydrogens is 296 g/mol. The lowest BCUT2D eigenvalue weighted by Crippen LogP contribution is -2.02. The third kappa shape index (κ3) is 3.20. The van der Waals surface area contributed by atoms with Crippen LogP contribution in [0.2, 0.25) is 0 Å². The van der Waals surface area contributed by atoms with Gasteiger partial charge in [0.05, 0.1) is 5.75 Å². The Kier molecular flexibility index (Phi) is 4.13. The number of thiophene rings is 1. The minimum Gasteiger partial charge on any atom is -0.293 e. The van der Waals surface area contributed by atoms with Crippen LogP contribution in [0.5, 0.6) is 0 Å². The number of rotatable bonds is 4. The van der Waals surface area contributed by atoms with Gasteiger partial charge in [-0.3, -0.25) is 4.79 Å². The monoisotopic (exact) mass is 312 g/mol. The molecule has 0 aliphatic carbocycles. The van der Waals surface area contributed by atoms with E-state index in [0.717, 1.165) is 15.3 Å². The summed E-state index contributed by atoms with van der Waals surface area (Å²) < 4.78 is 0. The van der Waals surface area contributed by atoms with Crippen LogP contribution in [0.25, 0.3) is 10.8 Å². The second kappa shape index (κ2) is 6.04. The first kappa shape index (κ1) is 14.4. The fourth-order valence-electron chi connectivity index (χ4n) is 2.39. The average Bonchev–Trinajstić information content (AvgIpc) is 2.83. The van der Waals surface area contributed by atoms with Crippen LogP contribution in [-0.4, -0.2) is 11.5 Å². The Bertz CT molecular complexity index is 802. The quantitative estimate of drug-likeness (QED) is 0.468. The molecule has 0 spiro atoms. The van der Waals surface area contributed by atoms with Crippen molar-refractivity contribution in [1.82, 2.24) is 0 Å². The lowest BCUT2D eigenvalue weighted by Gasteiger charge is -2.03. The Labute approximate surface area is 133 Å². The molecule has 0 fully saturated rings. The lowest BCUT2D eigenvalue weighted by molar-refractivity contribution is 0.102. The van der Waals surface area contributed by atoms with Crippen LogP contribution in [0.1, 0.15) is 20.1 Å². The maximum atomic E-state index is 12.3. The zero-order valence-electron chi connectivity index (χ0n) is 12.1. The summed E-state index contributed by atoms with van der Waals surface area (Å²) in [6, 6.07) is 16.6. The molecule has 0 saturated heterocycles. The molecule has 0 saturated carbocycles. The second-order valence-corrected chi connectivity index (χ2v) is 7.56. The normalized spacial score (nSPS) is 11.0. The van der Waals surface area contributed by atoms with Crippen LogP contribution < -0.4 is 0 Å². The zero-order valence-corrected chi connectivity index (χ0v) is 13.7. The molecule has 0 N–H and O–H groups in total. The lowest BCUT2D eigenvalue weighted by atomic mass is 10.1. The number of carbonyl (C=O) groups is 1. The number of benzene rings is 2. The number of fused-ring (bicyclic) bond motifs is 1. The molecule has 0 bridgehead atoms. The minimum absolute atomic E-state index is 0.218. The van der Waals surface area contributed by atoms with Crippen molar-refractivity contribution in [2.75, 3.05) is 5.75 Å². The molecule has 0 radical (unpaired) electrons. The zero-order chi connectivity index (χ0) is 14.8. The van der Waals surface area contributed by atoms with Gasteiger partial charge in [-0.1, -0.05) is 30.3 Å². The maximum Gasteiger partial charge on any atom is 0.174 e. The summed E-state index contributed by atoms with van der Waals surface area (Å²) >= 11 is 3.30. The summed E-state index contributed by atoms with van der Waals surface area (Å²) in [4.78, 5) is 15.8. The summed E-state index contributed by atoms with van der Waals surface area (Å²) in [5.74, 6) is 0.713. The van der Waals surface area contributed by atoms with Gasteiger partial charge in [0.1, 0.15) is 0 Å². The summed E-state index contributed by atoms with van der Waals surface area (Å²) in [7, 11) is 0. The number of carbonyl (C=O) groups excluding carboxylic acids is 1. The van der Waals surface area contributed by atoms with Gasteiger partial charge in [0.25, 0.3) is 0 Å². The van der Waals surface area contributed by atoms with Crippen molar-refractivity contribution < 1.29 is 4.79 Å². The van der Waals surface area contributed by atoms with Crippen LogP contribution in [0.3, 0.4) is 0 Å². The third-order valence-corrected chi connectivity index (χ3v) is 5.39. The van der Waals surface area contributed by atoms with Gasteiger partial charge in [-0.15, -0.1) is 23.1 Å². The first-order valence-corrected chi connectivity index (χ1v) is 8.65. The van der Waals surface area contributed by atoms with E-state index in [1.807, 2.05) is 32.0 Å². The van der Waals surface area contributed by atoms with Crippen LogP contribution in [0.4, 0.5) is 0 Å². The average molecular weight is 312 g/mol. The van der Waals surface area contributed by atoms with Crippen LogP contribution in [0, 0.1) is 13.8 Å². The van der Waals surface area contributed by atoms with Gasteiger partial charge in [-0.2, -0.15) is 0 Å². The number of hydrogen-bond donors (Lipinski definition) is 0. The number of aryl methyl sites for hydroxylation is 2. The largest absolute Gasteiger partial charge is 0.293 e. The van der Waals surface area contributed by atoms with Crippen molar-refractivity contribution in [2.24, 2.45) is 0 Å². The molecule has 106 valence electrons. The number of hydrogen-bond acceptors (Lipinski definition) is 3. The fourth-order valence-corrected chi connectivity index (χ4v) is 4.16. The molecule has 0 atom stereocenters. The van der Waals surface area contributed by atoms with Crippen molar-refractivity contribution in [3.63, 3.8) is 0 Å². The van der Waals surface area contributed by atoms with E-state index >= 15 is 0 Å². The van der Waals surface area contributed by atoms with Gasteiger partial charge in [-0.25, -0.2) is 0 Å². The molecule has 0 aliphatic heterocycles. The van der Waals surface area contributed by atoms with E-state index in [4.69, 9.17) is 0 Å². The van der Waals surface area contributed by atoms with E-state index < -0.39 is 0 Å². The highest BCUT2D eigenvalue weighted by Crippen LogP contribution is 2.26. The molecule has 0 unspecified atom stereocenters. The highest BCUT2D eigenvalue weighted by atomic mass is 32.2. The Hall–Kier alpha value is -1.58. The summed E-state index contributed by atoms with van der Waals surface area (Å²) in [5, 5.41) is 2.45. The van der Waals surface area contributed by atoms with E-state index in [1.165, 1.54) is 15.6 Å². The number of ketones is 1. The maximum absolute atomic E-state index is 12.3. The number of Topliss-reactive ketones (excluding diaryl/α,β-unsaturated/α-hetero) is 1. The van der Waals surface area contributed by atoms with Gasteiger partial charge in [0, 0.05) is 20.2 Å². The highest BCUT2D eigenvalue weighted by molar-refractivity contribution is 8.00. The third-order valence-electron chi connectivity index (χ3n) is 3.43. The van der Waals surface area contributed by atoms with Gasteiger partial charge < -0.3 is 0 Å². The SMILES string of the molecule is Cc1cc(C(=O)CSc2ccc3ccccc3c2)c(C)s1. The molecule has 1 heterocycles. The molecular formula is C18H16OS2. The van der Waals surface area contributed by atoms with E-state index in [-0.39, 0.29) is 5.78 Å². The van der Waals surface area contributed by atoms with E-state index in [1.54, 1.807) is 23.1 Å². The summed E-state index contributed by atoms with van der Waals surface area (Å²) in [5.41, 5.74) is 0.880. The van der Waals surface area contributed by atoms with E-state index in [2.05, 4.69) is 30.3 Å². The molecule has 2 aromatic carbocycles. The summed E-state index contributed by atoms with van der Waals surface area (Å²) in [6.07, 6.45) is 0. The molecule has 3 rings (SSSR count). The molecule has 3 heteroatoms. The van der Waals surface area contributed by atoms with Gasteiger partial charge in [0.15, 0.2) is 5.78 Å². The molecule has 21 heavy (non-hydrogen) atoms. The standard InChI is InChI=1S/C18H16OS2/c1-12-9-17(13(2)21-12)18(19)11-20-16-8-7-14-5-3-4-6-15(14)10-16/h3-10H,11H2,1-2H3. The minimum atomic E-state index is 0.218. The predicted octanol–water partition coefficient (Wildman–Crippen LogP) is 5.49. The van der Waals surface area contributed by atoms with Crippen LogP contribution in [0.15, 0.2) is 53.4 Å². The van der Waals surface area contributed by atoms with Crippen molar-refractivity contribution in [3.05, 3.63) is 63.8 Å². The molecule has 1 nitrogen and oxygen atoms in total.